The summed E-state index contributed by atoms with van der Waals surface area (Å²) in [5.74, 6) is -2.08. The number of alkyl halides is 3. The van der Waals surface area contributed by atoms with Gasteiger partial charge in [-0.2, -0.15) is 13.2 Å². The number of hydrogen-bond acceptors (Lipinski definition) is 6. The molecule has 0 atom stereocenters. The largest absolute Gasteiger partial charge is 0.493 e. The maximum Gasteiger partial charge on any atom is 0.446 e. The Morgan fingerprint density at radius 3 is 2.34 bits per heavy atom. The first kappa shape index (κ1) is 38.0. The Morgan fingerprint density at radius 2 is 1.64 bits per heavy atom. The van der Waals surface area contributed by atoms with Crippen molar-refractivity contribution < 1.29 is 41.8 Å². The van der Waals surface area contributed by atoms with Crippen molar-refractivity contribution in [2.24, 2.45) is 0 Å². The summed E-state index contributed by atoms with van der Waals surface area (Å²) in [5.41, 5.74) is -2.25. The van der Waals surface area contributed by atoms with Crippen LogP contribution in [0.1, 0.15) is 21.5 Å². The second-order valence-corrected chi connectivity index (χ2v) is 12.1. The number of carboxylic acid groups (broad SMARTS) is 1. The van der Waals surface area contributed by atoms with Crippen LogP contribution in [0.2, 0.25) is 5.02 Å². The highest BCUT2D eigenvalue weighted by Crippen LogP contribution is 2.37. The van der Waals surface area contributed by atoms with Crippen molar-refractivity contribution in [1.29, 1.82) is 0 Å². The highest BCUT2D eigenvalue weighted by Gasteiger charge is 2.29. The van der Waals surface area contributed by atoms with E-state index < -0.39 is 29.2 Å². The third-order valence-corrected chi connectivity index (χ3v) is 8.05. The highest BCUT2D eigenvalue weighted by molar-refractivity contribution is 8.00. The number of aromatic nitrogens is 1. The molecule has 50 heavy (non-hydrogen) atoms. The molecular formula is C34H28Cl2F4N4O5S. The number of aliphatic carboxylic acids is 1. The van der Waals surface area contributed by atoms with Gasteiger partial charge in [0.05, 0.1) is 30.0 Å². The van der Waals surface area contributed by atoms with Crippen molar-refractivity contribution in [3.8, 4) is 5.75 Å². The molecule has 16 heteroatoms. The molecule has 0 saturated heterocycles. The van der Waals surface area contributed by atoms with E-state index in [1.54, 1.807) is 54.6 Å². The van der Waals surface area contributed by atoms with Crippen molar-refractivity contribution in [3.63, 3.8) is 0 Å². The number of hydrogen-bond donors (Lipinski definition) is 4. The minimum Gasteiger partial charge on any atom is -0.493 e. The van der Waals surface area contributed by atoms with Gasteiger partial charge in [0.2, 0.25) is 0 Å². The first-order chi connectivity index (χ1) is 23.4. The Morgan fingerprint density at radius 1 is 0.920 bits per heavy atom. The number of carboxylic acids is 1. The molecule has 5 rings (SSSR count). The van der Waals surface area contributed by atoms with Gasteiger partial charge < -0.3 is 25.8 Å². The number of benzene rings is 4. The summed E-state index contributed by atoms with van der Waals surface area (Å²) in [6, 6.07) is 20.4. The molecule has 0 fully saturated rings. The first-order valence-electron chi connectivity index (χ1n) is 14.6. The van der Waals surface area contributed by atoms with Crippen LogP contribution < -0.4 is 20.7 Å². The molecule has 5 aromatic rings. The van der Waals surface area contributed by atoms with Gasteiger partial charge in [0.15, 0.2) is 0 Å². The summed E-state index contributed by atoms with van der Waals surface area (Å²) >= 11 is 6.03. The molecule has 0 saturated carbocycles. The predicted molar refractivity (Wildman–Crippen MR) is 186 cm³/mol. The fourth-order valence-electron chi connectivity index (χ4n) is 4.89. The van der Waals surface area contributed by atoms with E-state index in [0.717, 1.165) is 11.6 Å². The Hall–Kier alpha value is -4.76. The molecule has 0 aliphatic rings. The molecule has 9 nitrogen and oxygen atoms in total. The van der Waals surface area contributed by atoms with Crippen LogP contribution >= 0.6 is 35.8 Å². The van der Waals surface area contributed by atoms with E-state index in [1.807, 2.05) is 0 Å². The molecule has 0 aliphatic carbocycles. The minimum absolute atomic E-state index is 0. The quantitative estimate of drug-likeness (QED) is 0.0745. The molecule has 1 aromatic heterocycles. The Kier molecular flexibility index (Phi) is 12.8. The lowest BCUT2D eigenvalue weighted by atomic mass is 10.1. The number of fused-ring (bicyclic) bond motifs is 1. The maximum absolute atomic E-state index is 14.9. The third-order valence-electron chi connectivity index (χ3n) is 7.08. The number of anilines is 2. The number of urea groups is 1. The summed E-state index contributed by atoms with van der Waals surface area (Å²) < 4.78 is 59.4. The van der Waals surface area contributed by atoms with Crippen LogP contribution in [0.25, 0.3) is 10.9 Å². The number of ether oxygens (including phenoxy) is 1. The number of nitrogens with zero attached hydrogens (tertiary/aromatic N) is 1. The van der Waals surface area contributed by atoms with Gasteiger partial charge in [-0.05, 0) is 71.4 Å². The van der Waals surface area contributed by atoms with Crippen molar-refractivity contribution in [1.82, 2.24) is 9.88 Å². The van der Waals surface area contributed by atoms with Crippen LogP contribution in [-0.4, -0.2) is 46.2 Å². The number of carbonyl (C=O) groups is 3. The van der Waals surface area contributed by atoms with Crippen LogP contribution in [0.4, 0.5) is 33.7 Å². The molecule has 262 valence electrons. The molecule has 2 amide bonds. The second-order valence-electron chi connectivity index (χ2n) is 10.5. The van der Waals surface area contributed by atoms with E-state index in [4.69, 9.17) is 21.4 Å². The van der Waals surface area contributed by atoms with Crippen molar-refractivity contribution in [2.45, 2.75) is 23.4 Å². The summed E-state index contributed by atoms with van der Waals surface area (Å²) in [6.07, 6.45) is 1.79. The number of halogens is 6. The molecule has 0 aliphatic heterocycles. The summed E-state index contributed by atoms with van der Waals surface area (Å²) in [7, 11) is 0. The molecule has 0 radical (unpaired) electrons. The predicted octanol–water partition coefficient (Wildman–Crippen LogP) is 8.60. The highest BCUT2D eigenvalue weighted by atomic mass is 35.5. The number of rotatable bonds is 12. The van der Waals surface area contributed by atoms with Crippen LogP contribution in [0.3, 0.4) is 0 Å². The van der Waals surface area contributed by atoms with Crippen LogP contribution in [0.15, 0.2) is 96.0 Å². The molecule has 4 N–H and O–H groups in total. The van der Waals surface area contributed by atoms with Crippen LogP contribution in [-0.2, 0) is 17.8 Å². The van der Waals surface area contributed by atoms with Gasteiger partial charge in [0.25, 0.3) is 5.91 Å². The fraction of sp³-hybridized carbons (Fsp3) is 0.147. The SMILES string of the molecule is Cl.O=C(O)CNCc1ccccc1C(=O)n1cc(NC(=O)Nc2ccc(OCCc3ccc(SC(F)(F)F)cc3)cc2F)c2cc(Cl)ccc21. The molecule has 0 unspecified atom stereocenters. The lowest BCUT2D eigenvalue weighted by Crippen LogP contribution is -2.23. The van der Waals surface area contributed by atoms with Gasteiger partial charge in [0, 0.05) is 46.1 Å². The zero-order valence-electron chi connectivity index (χ0n) is 25.7. The minimum atomic E-state index is -4.37. The lowest BCUT2D eigenvalue weighted by molar-refractivity contribution is -0.136. The second kappa shape index (κ2) is 16.8. The van der Waals surface area contributed by atoms with Gasteiger partial charge >= 0.3 is 17.5 Å². The summed E-state index contributed by atoms with van der Waals surface area (Å²) in [6.45, 7) is -0.0304. The average Bonchev–Trinajstić information content (AvgIpc) is 3.39. The molecule has 4 aromatic carbocycles. The van der Waals surface area contributed by atoms with Crippen molar-refractivity contribution in [2.75, 3.05) is 23.8 Å². The number of nitrogens with one attached hydrogen (secondary N) is 3. The van der Waals surface area contributed by atoms with Gasteiger partial charge in [-0.3, -0.25) is 14.2 Å². The van der Waals surface area contributed by atoms with E-state index in [9.17, 15) is 31.9 Å². The van der Waals surface area contributed by atoms with E-state index >= 15 is 0 Å². The van der Waals surface area contributed by atoms with Crippen molar-refractivity contribution in [3.05, 3.63) is 119 Å². The van der Waals surface area contributed by atoms with E-state index in [0.29, 0.717) is 33.5 Å². The molecule has 0 bridgehead atoms. The topological polar surface area (TPSA) is 122 Å². The fourth-order valence-corrected chi connectivity index (χ4v) is 5.61. The zero-order valence-corrected chi connectivity index (χ0v) is 28.1. The lowest BCUT2D eigenvalue weighted by Gasteiger charge is -2.11. The molecular weight excluding hydrogens is 723 g/mol. The summed E-state index contributed by atoms with van der Waals surface area (Å²) in [4.78, 5) is 37.7. The van der Waals surface area contributed by atoms with E-state index in [2.05, 4.69) is 16.0 Å². The first-order valence-corrected chi connectivity index (χ1v) is 15.8. The van der Waals surface area contributed by atoms with Crippen molar-refractivity contribution >= 4 is 76.0 Å². The van der Waals surface area contributed by atoms with Crippen LogP contribution in [0, 0.1) is 5.82 Å². The van der Waals surface area contributed by atoms with Crippen LogP contribution in [0.5, 0.6) is 5.75 Å². The standard InChI is InChI=1S/C34H27ClF4N4O5S.ClH/c35-22-7-12-30-26(15-22)29(19-43(30)32(46)25-4-2-1-3-21(25)17-40-18-31(44)45)42-33(47)41-28-11-8-23(16-27(28)36)48-14-13-20-5-9-24(10-6-20)49-34(37,38)39;/h1-12,15-16,19,40H,13-14,17-18H2,(H,44,45)(H2,41,42,47);1H. The molecule has 1 heterocycles. The van der Waals surface area contributed by atoms with Gasteiger partial charge in [-0.1, -0.05) is 41.9 Å². The van der Waals surface area contributed by atoms with E-state index in [-0.39, 0.29) is 65.9 Å². The molecule has 0 spiro atoms. The van der Waals surface area contributed by atoms with E-state index in [1.165, 1.54) is 35.0 Å². The smallest absolute Gasteiger partial charge is 0.446 e. The summed E-state index contributed by atoms with van der Waals surface area (Å²) in [5, 5.41) is 17.6. The Bertz CT molecular complexity index is 2010. The maximum atomic E-state index is 14.9. The Balaban J connectivity index is 0.00000562. The number of amides is 2. The third kappa shape index (κ3) is 10.1. The zero-order chi connectivity index (χ0) is 35.1. The Labute approximate surface area is 298 Å². The number of thioether (sulfide) groups is 1. The van der Waals surface area contributed by atoms with Gasteiger partial charge in [-0.25, -0.2) is 9.18 Å². The monoisotopic (exact) mass is 750 g/mol. The van der Waals surface area contributed by atoms with Gasteiger partial charge in [-0.15, -0.1) is 12.4 Å². The normalized spacial score (nSPS) is 11.1. The van der Waals surface area contributed by atoms with Gasteiger partial charge in [0.1, 0.15) is 11.6 Å². The number of carbonyl (C=O) groups excluding carboxylic acids is 2. The average molecular weight is 752 g/mol.